The van der Waals surface area contributed by atoms with Crippen molar-refractivity contribution in [3.8, 4) is 0 Å². The molecule has 84 valence electrons. The van der Waals surface area contributed by atoms with Gasteiger partial charge < -0.3 is 15.6 Å². The lowest BCUT2D eigenvalue weighted by Crippen LogP contribution is -2.22. The maximum absolute atomic E-state index is 10.5. The highest BCUT2D eigenvalue weighted by Crippen LogP contribution is 2.15. The zero-order chi connectivity index (χ0) is 11.0. The molecule has 0 aromatic heterocycles. The SMILES string of the molecule is CCOCC(C)CC(CN)CC(=O)O. The van der Waals surface area contributed by atoms with Crippen molar-refractivity contribution >= 4 is 5.97 Å². The van der Waals surface area contributed by atoms with E-state index in [0.717, 1.165) is 6.42 Å². The van der Waals surface area contributed by atoms with Gasteiger partial charge in [-0.3, -0.25) is 4.79 Å². The van der Waals surface area contributed by atoms with E-state index in [1.54, 1.807) is 0 Å². The summed E-state index contributed by atoms with van der Waals surface area (Å²) in [5.41, 5.74) is 5.49. The molecule has 2 unspecified atom stereocenters. The van der Waals surface area contributed by atoms with E-state index in [9.17, 15) is 4.79 Å². The fourth-order valence-electron chi connectivity index (χ4n) is 1.47. The zero-order valence-corrected chi connectivity index (χ0v) is 9.03. The third kappa shape index (κ3) is 6.86. The van der Waals surface area contributed by atoms with Gasteiger partial charge in [0.1, 0.15) is 0 Å². The predicted octanol–water partition coefficient (Wildman–Crippen LogP) is 1.10. The Morgan fingerprint density at radius 2 is 2.21 bits per heavy atom. The molecule has 0 aromatic carbocycles. The molecule has 3 N–H and O–H groups in total. The minimum Gasteiger partial charge on any atom is -0.481 e. The van der Waals surface area contributed by atoms with Crippen molar-refractivity contribution in [2.75, 3.05) is 19.8 Å². The van der Waals surface area contributed by atoms with Crippen molar-refractivity contribution in [2.45, 2.75) is 26.7 Å². The fourth-order valence-corrected chi connectivity index (χ4v) is 1.47. The molecule has 0 aliphatic rings. The van der Waals surface area contributed by atoms with Gasteiger partial charge in [0, 0.05) is 19.6 Å². The molecule has 0 radical (unpaired) electrons. The lowest BCUT2D eigenvalue weighted by atomic mass is 9.94. The van der Waals surface area contributed by atoms with Crippen LogP contribution in [0.15, 0.2) is 0 Å². The van der Waals surface area contributed by atoms with Crippen LogP contribution in [0.4, 0.5) is 0 Å². The van der Waals surface area contributed by atoms with Crippen molar-refractivity contribution in [2.24, 2.45) is 17.6 Å². The number of ether oxygens (including phenoxy) is 1. The van der Waals surface area contributed by atoms with Crippen LogP contribution < -0.4 is 5.73 Å². The number of carboxylic acids is 1. The Morgan fingerprint density at radius 3 is 2.64 bits per heavy atom. The summed E-state index contributed by atoms with van der Waals surface area (Å²) < 4.78 is 5.26. The Kier molecular flexibility index (Phi) is 7.42. The average Bonchev–Trinajstić information content (AvgIpc) is 2.12. The molecule has 0 rings (SSSR count). The minimum atomic E-state index is -0.774. The van der Waals surface area contributed by atoms with E-state index in [2.05, 4.69) is 6.92 Å². The van der Waals surface area contributed by atoms with Gasteiger partial charge in [0.25, 0.3) is 0 Å². The van der Waals surface area contributed by atoms with E-state index in [1.807, 2.05) is 6.92 Å². The maximum atomic E-state index is 10.5. The predicted molar refractivity (Wildman–Crippen MR) is 55.1 cm³/mol. The summed E-state index contributed by atoms with van der Waals surface area (Å²) in [6.07, 6.45) is 0.982. The third-order valence-corrected chi connectivity index (χ3v) is 2.14. The highest BCUT2D eigenvalue weighted by molar-refractivity contribution is 5.67. The molecular formula is C10H21NO3. The molecule has 0 bridgehead atoms. The summed E-state index contributed by atoms with van der Waals surface area (Å²) >= 11 is 0. The van der Waals surface area contributed by atoms with Crippen molar-refractivity contribution in [1.29, 1.82) is 0 Å². The summed E-state index contributed by atoms with van der Waals surface area (Å²) in [6.45, 7) is 5.83. The van der Waals surface area contributed by atoms with Crippen molar-refractivity contribution in [3.63, 3.8) is 0 Å². The highest BCUT2D eigenvalue weighted by atomic mass is 16.5. The standard InChI is InChI=1S/C10H21NO3/c1-3-14-7-8(2)4-9(6-11)5-10(12)13/h8-9H,3-7,11H2,1-2H3,(H,12,13). The zero-order valence-electron chi connectivity index (χ0n) is 9.03. The van der Waals surface area contributed by atoms with Crippen LogP contribution in [0.5, 0.6) is 0 Å². The molecule has 0 saturated heterocycles. The quantitative estimate of drug-likeness (QED) is 0.619. The van der Waals surface area contributed by atoms with Crippen LogP contribution in [-0.2, 0) is 9.53 Å². The molecule has 4 heteroatoms. The maximum Gasteiger partial charge on any atom is 0.303 e. The first kappa shape index (κ1) is 13.4. The van der Waals surface area contributed by atoms with Gasteiger partial charge in [-0.25, -0.2) is 0 Å². The third-order valence-electron chi connectivity index (χ3n) is 2.14. The van der Waals surface area contributed by atoms with E-state index < -0.39 is 5.97 Å². The van der Waals surface area contributed by atoms with Crippen LogP contribution in [0, 0.1) is 11.8 Å². The first-order chi connectivity index (χ1) is 6.60. The number of carboxylic acid groups (broad SMARTS) is 1. The van der Waals surface area contributed by atoms with Crippen LogP contribution in [-0.4, -0.2) is 30.8 Å². The van der Waals surface area contributed by atoms with Crippen LogP contribution in [0.1, 0.15) is 26.7 Å². The van der Waals surface area contributed by atoms with Crippen LogP contribution in [0.25, 0.3) is 0 Å². The second-order valence-electron chi connectivity index (χ2n) is 3.70. The smallest absolute Gasteiger partial charge is 0.303 e. The van der Waals surface area contributed by atoms with Crippen molar-refractivity contribution in [1.82, 2.24) is 0 Å². The van der Waals surface area contributed by atoms with E-state index >= 15 is 0 Å². The summed E-state index contributed by atoms with van der Waals surface area (Å²) in [7, 11) is 0. The van der Waals surface area contributed by atoms with Gasteiger partial charge in [-0.1, -0.05) is 6.92 Å². The number of rotatable bonds is 8. The summed E-state index contributed by atoms with van der Waals surface area (Å²) in [5, 5.41) is 8.62. The van der Waals surface area contributed by atoms with Gasteiger partial charge in [-0.05, 0) is 31.7 Å². The molecule has 0 aliphatic carbocycles. The largest absolute Gasteiger partial charge is 0.481 e. The number of aliphatic carboxylic acids is 1. The molecule has 4 nitrogen and oxygen atoms in total. The first-order valence-electron chi connectivity index (χ1n) is 5.09. The molecule has 0 heterocycles. The first-order valence-corrected chi connectivity index (χ1v) is 5.09. The highest BCUT2D eigenvalue weighted by Gasteiger charge is 2.15. The molecule has 0 aliphatic heterocycles. The molecule has 0 fully saturated rings. The Bertz CT molecular complexity index is 161. The lowest BCUT2D eigenvalue weighted by Gasteiger charge is -2.17. The van der Waals surface area contributed by atoms with Gasteiger partial charge >= 0.3 is 5.97 Å². The van der Waals surface area contributed by atoms with E-state index in [4.69, 9.17) is 15.6 Å². The van der Waals surface area contributed by atoms with Crippen molar-refractivity contribution in [3.05, 3.63) is 0 Å². The normalized spacial score (nSPS) is 15.1. The Balaban J connectivity index is 3.73. The molecule has 2 atom stereocenters. The lowest BCUT2D eigenvalue weighted by molar-refractivity contribution is -0.138. The molecule has 0 saturated carbocycles. The molecule has 0 amide bonds. The van der Waals surface area contributed by atoms with E-state index in [0.29, 0.717) is 25.7 Å². The average molecular weight is 203 g/mol. The summed E-state index contributed by atoms with van der Waals surface area (Å²) in [4.78, 5) is 10.5. The minimum absolute atomic E-state index is 0.0722. The van der Waals surface area contributed by atoms with Crippen molar-refractivity contribution < 1.29 is 14.6 Å². The second kappa shape index (κ2) is 7.76. The monoisotopic (exact) mass is 203 g/mol. The fraction of sp³-hybridized carbons (Fsp3) is 0.900. The number of hydrogen-bond acceptors (Lipinski definition) is 3. The van der Waals surface area contributed by atoms with Gasteiger partial charge in [0.15, 0.2) is 0 Å². The Labute approximate surface area is 85.4 Å². The number of nitrogens with two attached hydrogens (primary N) is 1. The Morgan fingerprint density at radius 1 is 1.57 bits per heavy atom. The van der Waals surface area contributed by atoms with Crippen LogP contribution in [0.2, 0.25) is 0 Å². The van der Waals surface area contributed by atoms with Gasteiger partial charge in [0.05, 0.1) is 0 Å². The number of hydrogen-bond donors (Lipinski definition) is 2. The molecule has 0 spiro atoms. The summed E-state index contributed by atoms with van der Waals surface area (Å²) in [5.74, 6) is -0.324. The number of carbonyl (C=O) groups is 1. The van der Waals surface area contributed by atoms with E-state index in [-0.39, 0.29) is 12.3 Å². The molecular weight excluding hydrogens is 182 g/mol. The topological polar surface area (TPSA) is 72.5 Å². The summed E-state index contributed by atoms with van der Waals surface area (Å²) in [6, 6.07) is 0. The van der Waals surface area contributed by atoms with Crippen LogP contribution >= 0.6 is 0 Å². The van der Waals surface area contributed by atoms with Gasteiger partial charge in [-0.15, -0.1) is 0 Å². The Hall–Kier alpha value is -0.610. The molecule has 0 aromatic rings. The van der Waals surface area contributed by atoms with Gasteiger partial charge in [0.2, 0.25) is 0 Å². The van der Waals surface area contributed by atoms with Crippen LogP contribution in [0.3, 0.4) is 0 Å². The second-order valence-corrected chi connectivity index (χ2v) is 3.70. The van der Waals surface area contributed by atoms with E-state index in [1.165, 1.54) is 0 Å². The van der Waals surface area contributed by atoms with Gasteiger partial charge in [-0.2, -0.15) is 0 Å². The molecule has 14 heavy (non-hydrogen) atoms.